The SMILES string of the molecule is CCCn1c(SCC(=O)N2CCOc3ccc(C)cc32)nc2ccccc2c1=O. The van der Waals surface area contributed by atoms with Crippen molar-refractivity contribution in [3.8, 4) is 5.75 Å². The number of fused-ring (bicyclic) bond motifs is 2. The van der Waals surface area contributed by atoms with Gasteiger partial charge in [0.1, 0.15) is 12.4 Å². The van der Waals surface area contributed by atoms with Gasteiger partial charge in [-0.1, -0.05) is 36.9 Å². The van der Waals surface area contributed by atoms with Crippen molar-refractivity contribution in [1.29, 1.82) is 0 Å². The molecule has 0 saturated carbocycles. The van der Waals surface area contributed by atoms with Gasteiger partial charge in [0.15, 0.2) is 5.16 Å². The number of aryl methyl sites for hydroxylation is 1. The van der Waals surface area contributed by atoms with Gasteiger partial charge in [-0.25, -0.2) is 4.98 Å². The summed E-state index contributed by atoms with van der Waals surface area (Å²) in [6.07, 6.45) is 0.817. The number of aromatic nitrogens is 2. The van der Waals surface area contributed by atoms with Crippen molar-refractivity contribution in [2.24, 2.45) is 0 Å². The Balaban J connectivity index is 1.60. The van der Waals surface area contributed by atoms with Crippen LogP contribution in [0.3, 0.4) is 0 Å². The first-order chi connectivity index (χ1) is 14.1. The van der Waals surface area contributed by atoms with Crippen molar-refractivity contribution in [2.45, 2.75) is 32.0 Å². The molecule has 1 aliphatic heterocycles. The van der Waals surface area contributed by atoms with Crippen molar-refractivity contribution < 1.29 is 9.53 Å². The lowest BCUT2D eigenvalue weighted by molar-refractivity contribution is -0.116. The van der Waals surface area contributed by atoms with Crippen molar-refractivity contribution in [1.82, 2.24) is 9.55 Å². The standard InChI is InChI=1S/C22H23N3O3S/c1-3-10-25-21(27)16-6-4-5-7-17(16)23-22(25)29-14-20(26)24-11-12-28-19-9-8-15(2)13-18(19)24/h4-9,13H,3,10-12,14H2,1-2H3. The Hall–Kier alpha value is -2.80. The first-order valence-electron chi connectivity index (χ1n) is 9.74. The highest BCUT2D eigenvalue weighted by Crippen LogP contribution is 2.33. The summed E-state index contributed by atoms with van der Waals surface area (Å²) in [4.78, 5) is 32.3. The number of benzene rings is 2. The van der Waals surface area contributed by atoms with Gasteiger partial charge in [0, 0.05) is 6.54 Å². The van der Waals surface area contributed by atoms with Crippen LogP contribution in [0.4, 0.5) is 5.69 Å². The quantitative estimate of drug-likeness (QED) is 0.476. The molecule has 2 heterocycles. The normalized spacial score (nSPS) is 13.2. The molecule has 1 aliphatic rings. The molecule has 0 fully saturated rings. The maximum atomic E-state index is 13.0. The van der Waals surface area contributed by atoms with Gasteiger partial charge in [0.2, 0.25) is 5.91 Å². The maximum Gasteiger partial charge on any atom is 0.262 e. The van der Waals surface area contributed by atoms with E-state index >= 15 is 0 Å². The number of thioether (sulfide) groups is 1. The van der Waals surface area contributed by atoms with Crippen molar-refractivity contribution in [3.05, 3.63) is 58.4 Å². The molecule has 0 unspecified atom stereocenters. The Kier molecular flexibility index (Phi) is 5.58. The summed E-state index contributed by atoms with van der Waals surface area (Å²) in [6, 6.07) is 13.2. The van der Waals surface area contributed by atoms with E-state index in [0.29, 0.717) is 35.8 Å². The third-order valence-corrected chi connectivity index (χ3v) is 5.84. The molecule has 2 aromatic carbocycles. The first-order valence-corrected chi connectivity index (χ1v) is 10.7. The fourth-order valence-electron chi connectivity index (χ4n) is 3.47. The lowest BCUT2D eigenvalue weighted by Gasteiger charge is -2.29. The van der Waals surface area contributed by atoms with Crippen LogP contribution in [0.15, 0.2) is 52.4 Å². The molecule has 1 amide bonds. The number of ether oxygens (including phenoxy) is 1. The summed E-state index contributed by atoms with van der Waals surface area (Å²) in [5.41, 5.74) is 2.49. The van der Waals surface area contributed by atoms with Gasteiger partial charge in [-0.3, -0.25) is 14.2 Å². The Bertz CT molecular complexity index is 1130. The van der Waals surface area contributed by atoms with Crippen molar-refractivity contribution in [3.63, 3.8) is 0 Å². The molecule has 0 N–H and O–H groups in total. The number of hydrogen-bond acceptors (Lipinski definition) is 5. The third kappa shape index (κ3) is 3.87. The minimum absolute atomic E-state index is 0.0180. The maximum absolute atomic E-state index is 13.0. The number of rotatable bonds is 5. The van der Waals surface area contributed by atoms with Gasteiger partial charge < -0.3 is 9.64 Å². The van der Waals surface area contributed by atoms with Crippen LogP contribution in [0.25, 0.3) is 10.9 Å². The van der Waals surface area contributed by atoms with E-state index in [2.05, 4.69) is 4.98 Å². The summed E-state index contributed by atoms with van der Waals surface area (Å²) >= 11 is 1.32. The number of carbonyl (C=O) groups is 1. The molecule has 1 aromatic heterocycles. The van der Waals surface area contributed by atoms with Gasteiger partial charge in [-0.15, -0.1) is 0 Å². The van der Waals surface area contributed by atoms with Gasteiger partial charge >= 0.3 is 0 Å². The van der Waals surface area contributed by atoms with E-state index in [1.807, 2.05) is 50.2 Å². The molecule has 0 atom stereocenters. The molecule has 150 valence electrons. The van der Waals surface area contributed by atoms with E-state index < -0.39 is 0 Å². The zero-order chi connectivity index (χ0) is 20.4. The minimum Gasteiger partial charge on any atom is -0.490 e. The zero-order valence-corrected chi connectivity index (χ0v) is 17.4. The second-order valence-corrected chi connectivity index (χ2v) is 7.96. The minimum atomic E-state index is -0.0558. The zero-order valence-electron chi connectivity index (χ0n) is 16.6. The van der Waals surface area contributed by atoms with Gasteiger partial charge in [0.25, 0.3) is 5.56 Å². The number of carbonyl (C=O) groups excluding carboxylic acids is 1. The first kappa shape index (κ1) is 19.5. The molecule has 4 rings (SSSR count). The Labute approximate surface area is 173 Å². The molecule has 0 saturated heterocycles. The van der Waals surface area contributed by atoms with E-state index in [-0.39, 0.29) is 17.2 Å². The predicted octanol–water partition coefficient (Wildman–Crippen LogP) is 3.63. The van der Waals surface area contributed by atoms with Crippen molar-refractivity contribution >= 4 is 34.3 Å². The van der Waals surface area contributed by atoms with E-state index in [4.69, 9.17) is 4.74 Å². The Morgan fingerprint density at radius 3 is 2.90 bits per heavy atom. The van der Waals surface area contributed by atoms with E-state index in [9.17, 15) is 9.59 Å². The van der Waals surface area contributed by atoms with Crippen LogP contribution in [0.2, 0.25) is 0 Å². The molecule has 7 heteroatoms. The summed E-state index contributed by atoms with van der Waals surface area (Å²) in [7, 11) is 0. The van der Waals surface area contributed by atoms with E-state index in [0.717, 1.165) is 23.4 Å². The molecule has 0 spiro atoms. The molecular formula is C22H23N3O3S. The van der Waals surface area contributed by atoms with Crippen LogP contribution < -0.4 is 15.2 Å². The number of para-hydroxylation sites is 1. The lowest BCUT2D eigenvalue weighted by Crippen LogP contribution is -2.39. The van der Waals surface area contributed by atoms with Gasteiger partial charge in [-0.2, -0.15) is 0 Å². The Morgan fingerprint density at radius 1 is 1.24 bits per heavy atom. The Morgan fingerprint density at radius 2 is 2.07 bits per heavy atom. The van der Waals surface area contributed by atoms with Gasteiger partial charge in [-0.05, 0) is 43.2 Å². The molecular weight excluding hydrogens is 386 g/mol. The summed E-state index contributed by atoms with van der Waals surface area (Å²) in [5, 5.41) is 1.19. The highest BCUT2D eigenvalue weighted by Gasteiger charge is 2.24. The average molecular weight is 410 g/mol. The summed E-state index contributed by atoms with van der Waals surface area (Å²) < 4.78 is 7.36. The predicted molar refractivity (Wildman–Crippen MR) is 116 cm³/mol. The molecule has 0 aliphatic carbocycles. The lowest BCUT2D eigenvalue weighted by atomic mass is 10.1. The average Bonchev–Trinajstić information content (AvgIpc) is 2.74. The van der Waals surface area contributed by atoms with Crippen LogP contribution in [0.5, 0.6) is 5.75 Å². The van der Waals surface area contributed by atoms with Crippen LogP contribution in [0.1, 0.15) is 18.9 Å². The third-order valence-electron chi connectivity index (χ3n) is 4.88. The number of amides is 1. The number of anilines is 1. The molecule has 0 bridgehead atoms. The fourth-order valence-corrected chi connectivity index (χ4v) is 4.37. The smallest absolute Gasteiger partial charge is 0.262 e. The molecule has 0 radical (unpaired) electrons. The van der Waals surface area contributed by atoms with E-state index in [1.54, 1.807) is 15.5 Å². The monoisotopic (exact) mass is 409 g/mol. The number of nitrogens with zero attached hydrogens (tertiary/aromatic N) is 3. The van der Waals surface area contributed by atoms with Crippen LogP contribution in [-0.2, 0) is 11.3 Å². The molecule has 29 heavy (non-hydrogen) atoms. The largest absolute Gasteiger partial charge is 0.490 e. The topological polar surface area (TPSA) is 64.4 Å². The molecule has 6 nitrogen and oxygen atoms in total. The summed E-state index contributed by atoms with van der Waals surface area (Å²) in [5.74, 6) is 0.921. The fraction of sp³-hybridized carbons (Fsp3) is 0.318. The number of hydrogen-bond donors (Lipinski definition) is 0. The van der Waals surface area contributed by atoms with Crippen LogP contribution >= 0.6 is 11.8 Å². The van der Waals surface area contributed by atoms with Crippen LogP contribution in [-0.4, -0.2) is 34.4 Å². The van der Waals surface area contributed by atoms with Crippen molar-refractivity contribution in [2.75, 3.05) is 23.8 Å². The van der Waals surface area contributed by atoms with Crippen LogP contribution in [0, 0.1) is 6.92 Å². The second kappa shape index (κ2) is 8.29. The summed E-state index contributed by atoms with van der Waals surface area (Å²) in [6.45, 7) is 5.58. The van der Waals surface area contributed by atoms with E-state index in [1.165, 1.54) is 11.8 Å². The molecule has 3 aromatic rings. The second-order valence-electron chi connectivity index (χ2n) is 7.02. The van der Waals surface area contributed by atoms with Gasteiger partial charge in [0.05, 0.1) is 28.9 Å². The highest BCUT2D eigenvalue weighted by atomic mass is 32.2. The highest BCUT2D eigenvalue weighted by molar-refractivity contribution is 7.99.